The van der Waals surface area contributed by atoms with Gasteiger partial charge in [-0.1, -0.05) is 30.3 Å². The van der Waals surface area contributed by atoms with Crippen LogP contribution in [0.25, 0.3) is 0 Å². The summed E-state index contributed by atoms with van der Waals surface area (Å²) < 4.78 is 12.5. The van der Waals surface area contributed by atoms with Crippen LogP contribution in [0.2, 0.25) is 0 Å². The Kier molecular flexibility index (Phi) is 6.24. The maximum atomic E-state index is 12.5. The molecule has 0 saturated heterocycles. The fraction of sp³-hybridized carbons (Fsp3) is 0.571. The number of alkyl halides is 1. The van der Waals surface area contributed by atoms with Crippen LogP contribution in [0.1, 0.15) is 49.8 Å². The Morgan fingerprint density at radius 1 is 1.36 bits per heavy atom. The van der Waals surface area contributed by atoms with Crippen molar-refractivity contribution in [1.29, 1.82) is 0 Å². The van der Waals surface area contributed by atoms with Crippen LogP contribution in [0, 0.1) is 0 Å². The van der Waals surface area contributed by atoms with E-state index in [1.807, 2.05) is 4.90 Å². The molecule has 2 aliphatic rings. The zero-order valence-corrected chi connectivity index (χ0v) is 15.2. The number of aryl methyl sites for hydroxylation is 1. The van der Waals surface area contributed by atoms with Gasteiger partial charge in [-0.3, -0.25) is 14.1 Å². The van der Waals surface area contributed by atoms with Crippen LogP contribution in [-0.4, -0.2) is 48.6 Å². The van der Waals surface area contributed by atoms with Crippen LogP contribution in [-0.2, 0) is 11.2 Å². The number of fused-ring (bicyclic) bond motifs is 1. The fourth-order valence-corrected chi connectivity index (χ4v) is 4.18. The topological polar surface area (TPSA) is 23.6 Å². The minimum Gasteiger partial charge on any atom is -0.332 e. The van der Waals surface area contributed by atoms with Crippen molar-refractivity contribution >= 4 is 5.91 Å². The van der Waals surface area contributed by atoms with Gasteiger partial charge < -0.3 is 4.90 Å². The van der Waals surface area contributed by atoms with E-state index in [4.69, 9.17) is 0 Å². The molecule has 3 rings (SSSR count). The lowest BCUT2D eigenvalue weighted by Gasteiger charge is -2.37. The van der Waals surface area contributed by atoms with E-state index in [0.29, 0.717) is 13.0 Å². The summed E-state index contributed by atoms with van der Waals surface area (Å²) in [6, 6.07) is 8.72. The predicted octanol–water partition coefficient (Wildman–Crippen LogP) is 3.90. The fourth-order valence-electron chi connectivity index (χ4n) is 4.18. The Balaban J connectivity index is 1.73. The van der Waals surface area contributed by atoms with Gasteiger partial charge in [0.05, 0.1) is 12.7 Å². The van der Waals surface area contributed by atoms with Crippen LogP contribution >= 0.6 is 0 Å². The van der Waals surface area contributed by atoms with Crippen molar-refractivity contribution in [2.24, 2.45) is 0 Å². The summed E-state index contributed by atoms with van der Waals surface area (Å²) in [6.45, 7) is 4.78. The minimum absolute atomic E-state index is 0.142. The van der Waals surface area contributed by atoms with Gasteiger partial charge in [0.25, 0.3) is 0 Å². The number of rotatable bonds is 6. The Hall–Kier alpha value is -1.68. The van der Waals surface area contributed by atoms with E-state index in [-0.39, 0.29) is 18.6 Å². The lowest BCUT2D eigenvalue weighted by molar-refractivity contribution is -0.131. The second-order valence-corrected chi connectivity index (χ2v) is 7.22. The number of halogens is 1. The van der Waals surface area contributed by atoms with Crippen molar-refractivity contribution in [1.82, 2.24) is 9.80 Å². The molecule has 25 heavy (non-hydrogen) atoms. The molecular formula is C21H29FN2O. The van der Waals surface area contributed by atoms with E-state index in [9.17, 15) is 9.18 Å². The summed E-state index contributed by atoms with van der Waals surface area (Å²) >= 11 is 0. The van der Waals surface area contributed by atoms with Crippen molar-refractivity contribution in [3.05, 3.63) is 47.0 Å². The summed E-state index contributed by atoms with van der Waals surface area (Å²) in [5.41, 5.74) is 3.99. The van der Waals surface area contributed by atoms with Crippen molar-refractivity contribution in [3.8, 4) is 0 Å². The van der Waals surface area contributed by atoms with Crippen LogP contribution in [0.3, 0.4) is 0 Å². The molecule has 4 heteroatoms. The lowest BCUT2D eigenvalue weighted by Crippen LogP contribution is -2.40. The number of benzene rings is 1. The van der Waals surface area contributed by atoms with Crippen molar-refractivity contribution in [3.63, 3.8) is 0 Å². The molecule has 3 nitrogen and oxygen atoms in total. The molecular weight excluding hydrogens is 315 g/mol. The monoisotopic (exact) mass is 344 g/mol. The van der Waals surface area contributed by atoms with Gasteiger partial charge in [0.1, 0.15) is 0 Å². The average Bonchev–Trinajstić information content (AvgIpc) is 2.64. The van der Waals surface area contributed by atoms with Gasteiger partial charge in [-0.05, 0) is 48.8 Å². The molecule has 0 saturated carbocycles. The molecule has 0 radical (unpaired) electrons. The van der Waals surface area contributed by atoms with Gasteiger partial charge in [0.15, 0.2) is 0 Å². The maximum absolute atomic E-state index is 12.5. The van der Waals surface area contributed by atoms with Gasteiger partial charge in [-0.15, -0.1) is 0 Å². The molecule has 1 aromatic carbocycles. The third-order valence-electron chi connectivity index (χ3n) is 5.40. The summed E-state index contributed by atoms with van der Waals surface area (Å²) in [5.74, 6) is 0.142. The highest BCUT2D eigenvalue weighted by molar-refractivity contribution is 5.74. The molecule has 0 bridgehead atoms. The first kappa shape index (κ1) is 18.1. The average molecular weight is 344 g/mol. The molecule has 0 unspecified atom stereocenters. The Morgan fingerprint density at radius 3 is 3.00 bits per heavy atom. The minimum atomic E-state index is -0.256. The van der Waals surface area contributed by atoms with E-state index >= 15 is 0 Å². The van der Waals surface area contributed by atoms with Gasteiger partial charge in [-0.25, -0.2) is 0 Å². The van der Waals surface area contributed by atoms with E-state index < -0.39 is 0 Å². The largest absolute Gasteiger partial charge is 0.332 e. The first-order chi connectivity index (χ1) is 12.2. The third-order valence-corrected chi connectivity index (χ3v) is 5.40. The standard InChI is InChI=1S/C21H29FN2O/c1-17(25)24(16-18-7-5-13-23(15-18)14-6-12-22)21-11-4-9-19-8-2-3-10-20(19)21/h2-3,7-8,10,21H,4-6,9,11-16H2,1H3/t21-/m1/s1. The summed E-state index contributed by atoms with van der Waals surface area (Å²) in [4.78, 5) is 16.8. The first-order valence-electron chi connectivity index (χ1n) is 9.50. The summed E-state index contributed by atoms with van der Waals surface area (Å²) in [7, 11) is 0. The second-order valence-electron chi connectivity index (χ2n) is 7.22. The van der Waals surface area contributed by atoms with Gasteiger partial charge in [0, 0.05) is 33.1 Å². The first-order valence-corrected chi connectivity index (χ1v) is 9.50. The maximum Gasteiger partial charge on any atom is 0.220 e. The quantitative estimate of drug-likeness (QED) is 0.731. The molecule has 1 aliphatic heterocycles. The number of carbonyl (C=O) groups is 1. The Labute approximate surface area is 150 Å². The van der Waals surface area contributed by atoms with Crippen molar-refractivity contribution in [2.45, 2.75) is 45.1 Å². The molecule has 0 spiro atoms. The number of hydrogen-bond acceptors (Lipinski definition) is 2. The number of nitrogens with zero attached hydrogens (tertiary/aromatic N) is 2. The summed E-state index contributed by atoms with van der Waals surface area (Å²) in [6.07, 6.45) is 7.14. The van der Waals surface area contributed by atoms with Gasteiger partial charge in [-0.2, -0.15) is 0 Å². The number of carbonyl (C=O) groups excluding carboxylic acids is 1. The van der Waals surface area contributed by atoms with E-state index in [1.165, 1.54) is 16.7 Å². The molecule has 1 aliphatic carbocycles. The SMILES string of the molecule is CC(=O)N(CC1=CCCN(CCCF)C1)[C@@H]1CCCc2ccccc21. The lowest BCUT2D eigenvalue weighted by atomic mass is 9.86. The summed E-state index contributed by atoms with van der Waals surface area (Å²) in [5, 5.41) is 0. The molecule has 1 aromatic rings. The molecule has 1 amide bonds. The predicted molar refractivity (Wildman–Crippen MR) is 99.2 cm³/mol. The van der Waals surface area contributed by atoms with Crippen molar-refractivity contribution in [2.75, 3.05) is 32.9 Å². The molecule has 1 heterocycles. The van der Waals surface area contributed by atoms with Crippen LogP contribution in [0.5, 0.6) is 0 Å². The molecule has 0 aromatic heterocycles. The van der Waals surface area contributed by atoms with E-state index in [0.717, 1.165) is 45.3 Å². The molecule has 0 fully saturated rings. The zero-order chi connectivity index (χ0) is 17.6. The third kappa shape index (κ3) is 4.49. The van der Waals surface area contributed by atoms with E-state index in [1.54, 1.807) is 6.92 Å². The zero-order valence-electron chi connectivity index (χ0n) is 15.2. The normalized spacial score (nSPS) is 20.7. The van der Waals surface area contributed by atoms with Crippen LogP contribution in [0.4, 0.5) is 4.39 Å². The van der Waals surface area contributed by atoms with Crippen LogP contribution in [0.15, 0.2) is 35.9 Å². The van der Waals surface area contributed by atoms with E-state index in [2.05, 4.69) is 35.2 Å². The van der Waals surface area contributed by atoms with Crippen LogP contribution < -0.4 is 0 Å². The smallest absolute Gasteiger partial charge is 0.220 e. The Morgan fingerprint density at radius 2 is 2.20 bits per heavy atom. The number of amides is 1. The molecule has 1 atom stereocenters. The van der Waals surface area contributed by atoms with Gasteiger partial charge in [0.2, 0.25) is 5.91 Å². The highest BCUT2D eigenvalue weighted by Gasteiger charge is 2.28. The van der Waals surface area contributed by atoms with Crippen molar-refractivity contribution < 1.29 is 9.18 Å². The number of hydrogen-bond donors (Lipinski definition) is 0. The Bertz CT molecular complexity index is 628. The molecule has 0 N–H and O–H groups in total. The highest BCUT2D eigenvalue weighted by atomic mass is 19.1. The molecule has 136 valence electrons. The second kappa shape index (κ2) is 8.61. The van der Waals surface area contributed by atoms with Gasteiger partial charge >= 0.3 is 0 Å². The highest BCUT2D eigenvalue weighted by Crippen LogP contribution is 2.35.